The predicted molar refractivity (Wildman–Crippen MR) is 70.5 cm³/mol. The Bertz CT molecular complexity index is 614. The minimum absolute atomic E-state index is 0.0275. The summed E-state index contributed by atoms with van der Waals surface area (Å²) in [6.45, 7) is 1.96. The van der Waals surface area contributed by atoms with Gasteiger partial charge in [0.05, 0.1) is 10.6 Å². The molecule has 1 fully saturated rings. The molecule has 1 aromatic carbocycles. The number of hydrogen-bond donors (Lipinski definition) is 2. The second-order valence-electron chi connectivity index (χ2n) is 4.63. The van der Waals surface area contributed by atoms with Gasteiger partial charge in [0.2, 0.25) is 10.0 Å². The molecule has 1 aliphatic carbocycles. The average molecular weight is 285 g/mol. The molecule has 0 aromatic heterocycles. The summed E-state index contributed by atoms with van der Waals surface area (Å²) >= 11 is 0. The Morgan fingerprint density at radius 3 is 2.53 bits per heavy atom. The van der Waals surface area contributed by atoms with E-state index in [2.05, 4.69) is 10.0 Å². The highest BCUT2D eigenvalue weighted by atomic mass is 32.2. The van der Waals surface area contributed by atoms with Crippen molar-refractivity contribution in [1.29, 1.82) is 0 Å². The molecule has 1 saturated carbocycles. The lowest BCUT2D eigenvalue weighted by Gasteiger charge is -2.10. The zero-order valence-electron chi connectivity index (χ0n) is 10.6. The van der Waals surface area contributed by atoms with Crippen molar-refractivity contribution >= 4 is 21.4 Å². The fourth-order valence-corrected chi connectivity index (χ4v) is 3.36. The number of anilines is 1. The van der Waals surface area contributed by atoms with Crippen LogP contribution in [0.4, 0.5) is 11.4 Å². The molecular weight excluding hydrogens is 270 g/mol. The lowest BCUT2D eigenvalue weighted by Crippen LogP contribution is -2.27. The third-order valence-corrected chi connectivity index (χ3v) is 4.70. The number of nitro benzene ring substituents is 1. The van der Waals surface area contributed by atoms with Crippen molar-refractivity contribution in [3.63, 3.8) is 0 Å². The quantitative estimate of drug-likeness (QED) is 0.627. The topological polar surface area (TPSA) is 101 Å². The lowest BCUT2D eigenvalue weighted by molar-refractivity contribution is -0.384. The summed E-state index contributed by atoms with van der Waals surface area (Å²) < 4.78 is 26.9. The molecule has 0 heterocycles. The Morgan fingerprint density at radius 1 is 1.42 bits per heavy atom. The van der Waals surface area contributed by atoms with Crippen LogP contribution < -0.4 is 10.0 Å². The lowest BCUT2D eigenvalue weighted by atomic mass is 10.3. The van der Waals surface area contributed by atoms with Gasteiger partial charge in [-0.05, 0) is 18.4 Å². The number of nitro groups is 1. The Kier molecular flexibility index (Phi) is 3.46. The normalized spacial score (nSPS) is 22.0. The molecule has 2 atom stereocenters. The van der Waals surface area contributed by atoms with Gasteiger partial charge in [-0.1, -0.05) is 6.92 Å². The largest absolute Gasteiger partial charge is 0.387 e. The summed E-state index contributed by atoms with van der Waals surface area (Å²) in [5, 5.41) is 13.4. The monoisotopic (exact) mass is 285 g/mol. The van der Waals surface area contributed by atoms with Crippen LogP contribution in [-0.2, 0) is 10.0 Å². The highest BCUT2D eigenvalue weighted by Gasteiger charge is 2.37. The van der Waals surface area contributed by atoms with Crippen LogP contribution in [-0.4, -0.2) is 26.4 Å². The highest BCUT2D eigenvalue weighted by molar-refractivity contribution is 7.89. The van der Waals surface area contributed by atoms with E-state index in [0.717, 1.165) is 6.42 Å². The van der Waals surface area contributed by atoms with Gasteiger partial charge in [-0.25, -0.2) is 13.1 Å². The molecule has 19 heavy (non-hydrogen) atoms. The molecule has 2 N–H and O–H groups in total. The first-order chi connectivity index (χ1) is 8.85. The average Bonchev–Trinajstić information content (AvgIpc) is 3.02. The van der Waals surface area contributed by atoms with Crippen molar-refractivity contribution in [2.24, 2.45) is 5.92 Å². The third kappa shape index (κ3) is 2.85. The van der Waals surface area contributed by atoms with Crippen molar-refractivity contribution in [3.05, 3.63) is 28.3 Å². The van der Waals surface area contributed by atoms with Crippen molar-refractivity contribution < 1.29 is 13.3 Å². The van der Waals surface area contributed by atoms with Crippen LogP contribution in [0.1, 0.15) is 13.3 Å². The van der Waals surface area contributed by atoms with Crippen LogP contribution in [0.3, 0.4) is 0 Å². The standard InChI is InChI=1S/C11H15N3O4S/c1-7-5-9(7)13-19(17,18)11-4-3-8(14(15)16)6-10(11)12-2/h3-4,6-7,9,12-13H,5H2,1-2H3. The van der Waals surface area contributed by atoms with Crippen LogP contribution in [0, 0.1) is 16.0 Å². The number of sulfonamides is 1. The summed E-state index contributed by atoms with van der Waals surface area (Å²) in [6, 6.07) is 3.61. The van der Waals surface area contributed by atoms with E-state index >= 15 is 0 Å². The molecule has 0 bridgehead atoms. The number of nitrogens with zero attached hydrogens (tertiary/aromatic N) is 1. The minimum Gasteiger partial charge on any atom is -0.387 e. The van der Waals surface area contributed by atoms with Crippen molar-refractivity contribution in [2.75, 3.05) is 12.4 Å². The van der Waals surface area contributed by atoms with Gasteiger partial charge in [0.15, 0.2) is 0 Å². The Balaban J connectivity index is 2.35. The summed E-state index contributed by atoms with van der Waals surface area (Å²) in [5.74, 6) is 0.339. The predicted octanol–water partition coefficient (Wildman–Crippen LogP) is 1.32. The van der Waals surface area contributed by atoms with Crippen LogP contribution in [0.5, 0.6) is 0 Å². The zero-order chi connectivity index (χ0) is 14.2. The number of hydrogen-bond acceptors (Lipinski definition) is 5. The van der Waals surface area contributed by atoms with Gasteiger partial charge in [0, 0.05) is 25.2 Å². The molecule has 0 aliphatic heterocycles. The van der Waals surface area contributed by atoms with Gasteiger partial charge in [-0.2, -0.15) is 0 Å². The van der Waals surface area contributed by atoms with Crippen LogP contribution in [0.25, 0.3) is 0 Å². The summed E-state index contributed by atoms with van der Waals surface area (Å²) in [6.07, 6.45) is 0.821. The smallest absolute Gasteiger partial charge is 0.271 e. The van der Waals surface area contributed by atoms with Gasteiger partial charge in [-0.3, -0.25) is 10.1 Å². The van der Waals surface area contributed by atoms with Crippen LogP contribution >= 0.6 is 0 Å². The molecule has 104 valence electrons. The van der Waals surface area contributed by atoms with Crippen LogP contribution in [0.2, 0.25) is 0 Å². The van der Waals surface area contributed by atoms with E-state index in [4.69, 9.17) is 0 Å². The molecule has 7 nitrogen and oxygen atoms in total. The maximum Gasteiger partial charge on any atom is 0.271 e. The highest BCUT2D eigenvalue weighted by Crippen LogP contribution is 2.32. The molecule has 0 radical (unpaired) electrons. The van der Waals surface area contributed by atoms with E-state index in [-0.39, 0.29) is 22.3 Å². The number of nitrogens with one attached hydrogen (secondary N) is 2. The molecule has 0 saturated heterocycles. The summed E-state index contributed by atoms with van der Waals surface area (Å²) in [4.78, 5) is 10.1. The molecule has 0 amide bonds. The number of benzene rings is 1. The van der Waals surface area contributed by atoms with Gasteiger partial charge in [0.1, 0.15) is 4.90 Å². The number of rotatable bonds is 5. The Morgan fingerprint density at radius 2 is 2.05 bits per heavy atom. The molecule has 1 aromatic rings. The fraction of sp³-hybridized carbons (Fsp3) is 0.455. The molecular formula is C11H15N3O4S. The van der Waals surface area contributed by atoms with Crippen molar-refractivity contribution in [1.82, 2.24) is 4.72 Å². The Hall–Kier alpha value is -1.67. The molecule has 8 heteroatoms. The second-order valence-corrected chi connectivity index (χ2v) is 6.31. The van der Waals surface area contributed by atoms with Gasteiger partial charge < -0.3 is 5.32 Å². The van der Waals surface area contributed by atoms with E-state index < -0.39 is 14.9 Å². The number of non-ortho nitro benzene ring substituents is 1. The first-order valence-corrected chi connectivity index (χ1v) is 7.32. The van der Waals surface area contributed by atoms with E-state index in [9.17, 15) is 18.5 Å². The van der Waals surface area contributed by atoms with Gasteiger partial charge in [-0.15, -0.1) is 0 Å². The van der Waals surface area contributed by atoms with Gasteiger partial charge >= 0.3 is 0 Å². The van der Waals surface area contributed by atoms with E-state index in [0.29, 0.717) is 5.92 Å². The Labute approximate surface area is 111 Å². The maximum atomic E-state index is 12.2. The van der Waals surface area contributed by atoms with E-state index in [1.165, 1.54) is 25.2 Å². The first-order valence-electron chi connectivity index (χ1n) is 5.83. The second kappa shape index (κ2) is 4.78. The van der Waals surface area contributed by atoms with Crippen molar-refractivity contribution in [2.45, 2.75) is 24.3 Å². The summed E-state index contributed by atoms with van der Waals surface area (Å²) in [7, 11) is -2.12. The van der Waals surface area contributed by atoms with E-state index in [1.54, 1.807) is 0 Å². The molecule has 2 unspecified atom stereocenters. The first kappa shape index (κ1) is 13.8. The zero-order valence-corrected chi connectivity index (χ0v) is 11.4. The van der Waals surface area contributed by atoms with Crippen LogP contribution in [0.15, 0.2) is 23.1 Å². The van der Waals surface area contributed by atoms with Crippen molar-refractivity contribution in [3.8, 4) is 0 Å². The SMILES string of the molecule is CNc1cc([N+](=O)[O-])ccc1S(=O)(=O)NC1CC1C. The molecule has 1 aliphatic rings. The minimum atomic E-state index is -3.65. The van der Waals surface area contributed by atoms with Gasteiger partial charge in [0.25, 0.3) is 5.69 Å². The molecule has 0 spiro atoms. The maximum absolute atomic E-state index is 12.2. The fourth-order valence-electron chi connectivity index (χ4n) is 1.81. The summed E-state index contributed by atoms with van der Waals surface area (Å²) in [5.41, 5.74) is 0.0677. The molecule has 2 rings (SSSR count). The van der Waals surface area contributed by atoms with E-state index in [1.807, 2.05) is 6.92 Å². The third-order valence-electron chi connectivity index (χ3n) is 3.15.